The predicted octanol–water partition coefficient (Wildman–Crippen LogP) is 9.64. The number of hydrogen-bond acceptors (Lipinski definition) is 32. The van der Waals surface area contributed by atoms with Crippen LogP contribution in [0.2, 0.25) is 0 Å². The van der Waals surface area contributed by atoms with Gasteiger partial charge in [0.05, 0.1) is 118 Å². The highest BCUT2D eigenvalue weighted by molar-refractivity contribution is 9.11. The number of urea groups is 3. The van der Waals surface area contributed by atoms with E-state index in [1.54, 1.807) is 63.2 Å². The molecule has 8 aliphatic heterocycles. The van der Waals surface area contributed by atoms with Crippen molar-refractivity contribution in [3.8, 4) is 55.6 Å². The lowest BCUT2D eigenvalue weighted by Gasteiger charge is -2.35. The third-order valence-electron chi connectivity index (χ3n) is 27.7. The quantitative estimate of drug-likeness (QED) is 0.0457. The number of nitrogens with two attached hydrogens (primary N) is 5. The molecular weight excluding hydrogens is 2090 g/mol. The summed E-state index contributed by atoms with van der Waals surface area (Å²) in [5.41, 5.74) is 50.4. The van der Waals surface area contributed by atoms with Crippen molar-refractivity contribution < 1.29 is 38.2 Å². The average Bonchev–Trinajstić information content (AvgIpc) is 1.58. The number of morpholine rings is 2. The topological polar surface area (TPSA) is 529 Å². The van der Waals surface area contributed by atoms with Gasteiger partial charge in [0.2, 0.25) is 0 Å². The monoisotopic (exact) mass is 2180 g/mol. The Morgan fingerprint density at radius 2 is 0.764 bits per heavy atom. The van der Waals surface area contributed by atoms with Crippen molar-refractivity contribution in [1.29, 1.82) is 0 Å². The van der Waals surface area contributed by atoms with Gasteiger partial charge in [0.15, 0.2) is 28.2 Å². The summed E-state index contributed by atoms with van der Waals surface area (Å²) in [4.78, 5) is 128. The van der Waals surface area contributed by atoms with Crippen LogP contribution in [-0.2, 0) is 57.1 Å². The van der Waals surface area contributed by atoms with Gasteiger partial charge in [0.1, 0.15) is 57.0 Å². The molecule has 3 atom stereocenters. The van der Waals surface area contributed by atoms with E-state index in [9.17, 15) is 28.8 Å². The second-order valence-corrected chi connectivity index (χ2v) is 39.5. The average molecular weight is 2180 g/mol. The molecule has 23 heterocycles. The third-order valence-corrected chi connectivity index (χ3v) is 30.2. The Bertz CT molecular complexity index is 8550. The van der Waals surface area contributed by atoms with Crippen molar-refractivity contribution in [2.45, 2.75) is 50.2 Å². The number of nitrogens with one attached hydrogen (secondary N) is 4. The van der Waals surface area contributed by atoms with E-state index in [0.29, 0.717) is 139 Å². The fraction of sp³-hybridized carbons (Fsp3) is 0.248. The number of nitrogen functional groups attached to an aromatic ring is 5. The maximum Gasteiger partial charge on any atom is 0.324 e. The van der Waals surface area contributed by atoms with E-state index in [4.69, 9.17) is 63.1 Å². The molecule has 748 valence electrons. The van der Waals surface area contributed by atoms with Crippen molar-refractivity contribution in [3.05, 3.63) is 244 Å². The molecule has 1 spiro atoms. The summed E-state index contributed by atoms with van der Waals surface area (Å²) >= 11 is 10.7. The number of ether oxygens (including phenoxy) is 2. The fourth-order valence-corrected chi connectivity index (χ4v) is 21.2. The van der Waals surface area contributed by atoms with Crippen LogP contribution in [0.3, 0.4) is 0 Å². The van der Waals surface area contributed by atoms with Gasteiger partial charge in [-0.05, 0) is 109 Å². The van der Waals surface area contributed by atoms with Crippen molar-refractivity contribution in [2.24, 2.45) is 7.05 Å². The minimum absolute atomic E-state index is 0.246. The van der Waals surface area contributed by atoms with Crippen LogP contribution in [0.4, 0.5) is 49.3 Å². The largest absolute Gasteiger partial charge is 0.384 e. The molecule has 0 radical (unpaired) electrons. The minimum atomic E-state index is -0.929. The van der Waals surface area contributed by atoms with Crippen LogP contribution in [0.5, 0.6) is 0 Å². The Balaban J connectivity index is 0.000000102. The number of rotatable bonds is 14. The molecule has 15 aromatic heterocycles. The molecule has 148 heavy (non-hydrogen) atoms. The summed E-state index contributed by atoms with van der Waals surface area (Å²) in [5, 5.41) is 36.2. The standard InChI is InChI=1S/C22H19BrN8O2.C22H20N8O2.C20H19BrN6O.C20H20N6O.C17H17BrN8O2/c23-18-16(10-29-5-6-30-17(11-29)21(32)28-22(30)33)27-20-14(9-26-31(20)19(18)24)13-7-12-3-1-2-4-15(12)25-8-13;23-19-8-15(11-28-5-6-29-18(12-28)21(31)27-22(29)32)26-20-16(10-25-30(19)20)14-7-13-3-1-2-4-17(13)24-9-14;21-18-17(12-26-5-7-28-8-6-26)25-20-15(11-24-27(20)19(18)22)14-9-13-3-1-2-4-16(13)23-10-14;21-19-10-16(13-25-5-7-27-8-6-25)24-20-17(12-23-26(19)20)15-9-14-3-1-2-4-18(14)22-11-15;1-24-4-2-9(7-24)10-6-20-26-12(19)11(18)14(21-13(10)26)25-5-3-17(8-25)15(27)22-16(28)23-17/h1-4,7-9,17H,5-6,10-11,24H2,(H,28,32,33);1-4,7-10,18H,5-6,11-12,23H2,(H,27,31,32);1-4,9-11H,5-8,12,22H2;1-4,9-12H,5-8,13,21H2;2,4,6-7H,3,5,8,19H2,1H3,(H2,22,23,27,28). The Hall–Kier alpha value is -16.3. The van der Waals surface area contributed by atoms with Crippen LogP contribution in [0.25, 0.3) is 127 Å². The maximum atomic E-state index is 12.3. The highest BCUT2D eigenvalue weighted by atomic mass is 79.9. The lowest BCUT2D eigenvalue weighted by Crippen LogP contribution is -2.52. The number of piperazine rings is 2. The van der Waals surface area contributed by atoms with Gasteiger partial charge < -0.3 is 62.7 Å². The minimum Gasteiger partial charge on any atom is -0.384 e. The normalized spacial score (nSPS) is 18.2. The number of aromatic nitrogens is 20. The summed E-state index contributed by atoms with van der Waals surface area (Å²) < 4.78 is 23.1. The van der Waals surface area contributed by atoms with Crippen LogP contribution < -0.4 is 54.8 Å². The highest BCUT2D eigenvalue weighted by Gasteiger charge is 2.52. The third kappa shape index (κ3) is 18.4. The van der Waals surface area contributed by atoms with Crippen molar-refractivity contribution >= 4 is 190 Å². The Labute approximate surface area is 866 Å². The molecule has 44 nitrogen and oxygen atoms in total. The molecule has 8 fully saturated rings. The Morgan fingerprint density at radius 1 is 0.392 bits per heavy atom. The van der Waals surface area contributed by atoms with Crippen LogP contribution in [0, 0.1) is 0 Å². The lowest BCUT2D eigenvalue weighted by atomic mass is 10.00. The number of carbonyl (C=O) groups is 6. The number of fused-ring (bicyclic) bond motifs is 11. The Kier molecular flexibility index (Phi) is 25.5. The molecule has 8 aliphatic rings. The van der Waals surface area contributed by atoms with Gasteiger partial charge in [-0.15, -0.1) is 0 Å². The number of imide groups is 3. The maximum absolute atomic E-state index is 12.3. The molecule has 0 bridgehead atoms. The predicted molar refractivity (Wildman–Crippen MR) is 564 cm³/mol. The number of anilines is 6. The van der Waals surface area contributed by atoms with Gasteiger partial charge in [0.25, 0.3) is 17.7 Å². The zero-order chi connectivity index (χ0) is 101. The summed E-state index contributed by atoms with van der Waals surface area (Å²) in [7, 11) is 1.95. The summed E-state index contributed by atoms with van der Waals surface area (Å²) in [6.45, 7) is 13.1. The van der Waals surface area contributed by atoms with E-state index in [1.165, 1.54) is 0 Å². The van der Waals surface area contributed by atoms with Crippen molar-refractivity contribution in [2.75, 3.05) is 139 Å². The molecule has 8 saturated heterocycles. The number of pyridine rings is 4. The molecule has 14 N–H and O–H groups in total. The van der Waals surface area contributed by atoms with Crippen LogP contribution in [0.15, 0.2) is 221 Å². The first-order chi connectivity index (χ1) is 71.9. The van der Waals surface area contributed by atoms with Crippen molar-refractivity contribution in [1.82, 2.24) is 148 Å². The molecule has 3 unspecified atom stereocenters. The number of benzene rings is 4. The number of hydrogen-bond donors (Lipinski definition) is 9. The number of amides is 9. The molecule has 4 aromatic carbocycles. The van der Waals surface area contributed by atoms with Crippen LogP contribution in [0.1, 0.15) is 29.2 Å². The first-order valence-electron chi connectivity index (χ1n) is 47.8. The SMILES string of the molecule is Cn1ccc(-c2cnn3c(N)c(Br)c(N4CCC5(C4)NC(=O)NC5=O)nc23)c1.Nc1c(Br)c(CN2CCN3C(=O)NC(=O)C3C2)nc2c(-c3cnc4ccccc4c3)cnn12.Nc1c(Br)c(CN2CCOCC2)nc2c(-c3cnc4ccccc4c3)cnn12.Nc1cc(CN2CCN3C(=O)NC(=O)C3C2)nc2c(-c3cnc4ccccc4c3)cnn12.Nc1cc(CN2CCOCC2)nc2c(-c3cnc4ccccc4c3)cnn12. The zero-order valence-electron chi connectivity index (χ0n) is 79.5. The summed E-state index contributed by atoms with van der Waals surface area (Å²) in [6.07, 6.45) is 20.6. The molecule has 0 saturated carbocycles. The molecular formula is C101H95Br3N36O8. The van der Waals surface area contributed by atoms with E-state index < -0.39 is 23.7 Å². The first kappa shape index (κ1) is 95.3. The summed E-state index contributed by atoms with van der Waals surface area (Å²) in [5.74, 6) is 2.30. The van der Waals surface area contributed by atoms with Gasteiger partial charge in [-0.1, -0.05) is 72.8 Å². The fourth-order valence-electron chi connectivity index (χ4n) is 19.9. The molecule has 9 amide bonds. The number of aryl methyl sites for hydroxylation is 1. The van der Waals surface area contributed by atoms with E-state index in [-0.39, 0.29) is 29.8 Å². The van der Waals surface area contributed by atoms with Gasteiger partial charge in [-0.2, -0.15) is 48.1 Å². The molecule has 19 aromatic rings. The zero-order valence-corrected chi connectivity index (χ0v) is 84.3. The van der Waals surface area contributed by atoms with E-state index >= 15 is 0 Å². The van der Waals surface area contributed by atoms with E-state index in [0.717, 1.165) is 197 Å². The smallest absolute Gasteiger partial charge is 0.324 e. The number of carbonyl (C=O) groups excluding carboxylic acids is 6. The number of halogens is 3. The van der Waals surface area contributed by atoms with Crippen LogP contribution in [-0.4, -0.2) is 285 Å². The van der Waals surface area contributed by atoms with E-state index in [2.05, 4.69) is 170 Å². The second kappa shape index (κ2) is 39.6. The molecule has 27 rings (SSSR count). The van der Waals surface area contributed by atoms with Crippen molar-refractivity contribution in [3.63, 3.8) is 0 Å². The van der Waals surface area contributed by atoms with Gasteiger partial charge in [0, 0.05) is 232 Å². The molecule has 47 heteroatoms. The first-order valence-corrected chi connectivity index (χ1v) is 50.2. The second-order valence-electron chi connectivity index (χ2n) is 37.1. The number of para-hydroxylation sites is 4. The lowest BCUT2D eigenvalue weighted by molar-refractivity contribution is -0.123. The van der Waals surface area contributed by atoms with E-state index in [1.807, 2.05) is 157 Å². The van der Waals surface area contributed by atoms with Gasteiger partial charge in [-0.25, -0.2) is 39.3 Å². The van der Waals surface area contributed by atoms with Crippen LogP contribution >= 0.6 is 47.8 Å². The van der Waals surface area contributed by atoms with Gasteiger partial charge in [-0.3, -0.25) is 69.9 Å². The Morgan fingerprint density at radius 3 is 1.18 bits per heavy atom. The van der Waals surface area contributed by atoms with Gasteiger partial charge >= 0.3 is 18.1 Å². The molecule has 0 aliphatic carbocycles. The summed E-state index contributed by atoms with van der Waals surface area (Å²) in [6, 6.07) is 44.0. The number of nitrogens with zero attached hydrogens (tertiary/aromatic N) is 27. The highest BCUT2D eigenvalue weighted by Crippen LogP contribution is 2.41.